The van der Waals surface area contributed by atoms with Crippen molar-refractivity contribution >= 4 is 22.4 Å². The zero-order chi connectivity index (χ0) is 16.3. The summed E-state index contributed by atoms with van der Waals surface area (Å²) in [5.41, 5.74) is 0. The van der Waals surface area contributed by atoms with E-state index in [1.54, 1.807) is 0 Å². The molecule has 1 aromatic rings. The van der Waals surface area contributed by atoms with E-state index in [9.17, 15) is 21.6 Å². The fraction of sp³-hybridized carbons (Fsp3) is 0.571. The maximum atomic E-state index is 13.7. The molecule has 0 aromatic heterocycles. The van der Waals surface area contributed by atoms with Crippen LogP contribution in [0.25, 0.3) is 0 Å². The highest BCUT2D eigenvalue weighted by molar-refractivity contribution is 7.89. The minimum Gasteiger partial charge on any atom is -0.317 e. The topological polar surface area (TPSA) is 49.4 Å². The number of nitrogens with zero attached hydrogens (tertiary/aromatic N) is 1. The Kier molecular flexibility index (Phi) is 7.31. The monoisotopic (exact) mass is 372 g/mol. The largest absolute Gasteiger partial charge is 0.317 e. The van der Waals surface area contributed by atoms with Crippen LogP contribution in [0.4, 0.5) is 13.2 Å². The number of rotatable bonds is 5. The molecule has 0 spiro atoms. The van der Waals surface area contributed by atoms with Gasteiger partial charge in [0.25, 0.3) is 0 Å². The Morgan fingerprint density at radius 1 is 1.13 bits per heavy atom. The summed E-state index contributed by atoms with van der Waals surface area (Å²) in [6, 6.07) is 0.671. The van der Waals surface area contributed by atoms with E-state index in [0.29, 0.717) is 24.8 Å². The lowest BCUT2D eigenvalue weighted by atomic mass is 9.98. The number of nitrogens with one attached hydrogen (secondary N) is 1. The van der Waals surface area contributed by atoms with E-state index >= 15 is 0 Å². The molecule has 1 fully saturated rings. The first-order valence-electron chi connectivity index (χ1n) is 7.21. The van der Waals surface area contributed by atoms with Crippen LogP contribution in [-0.4, -0.2) is 38.9 Å². The van der Waals surface area contributed by atoms with Gasteiger partial charge in [-0.05, 0) is 37.9 Å². The van der Waals surface area contributed by atoms with E-state index in [-0.39, 0.29) is 31.6 Å². The minimum absolute atomic E-state index is 0. The molecule has 23 heavy (non-hydrogen) atoms. The summed E-state index contributed by atoms with van der Waals surface area (Å²) in [6.07, 6.45) is 1.30. The fourth-order valence-corrected chi connectivity index (χ4v) is 4.07. The quantitative estimate of drug-likeness (QED) is 0.808. The van der Waals surface area contributed by atoms with Crippen molar-refractivity contribution in [1.82, 2.24) is 9.62 Å². The molecule has 1 saturated heterocycles. The number of hydrogen-bond donors (Lipinski definition) is 1. The lowest BCUT2D eigenvalue weighted by Crippen LogP contribution is -2.41. The van der Waals surface area contributed by atoms with Crippen LogP contribution >= 0.6 is 12.4 Å². The number of halogens is 4. The third kappa shape index (κ3) is 4.59. The number of hydrogen-bond acceptors (Lipinski definition) is 3. The Labute approximate surface area is 140 Å². The van der Waals surface area contributed by atoms with Crippen LogP contribution in [0, 0.1) is 23.4 Å². The van der Waals surface area contributed by atoms with Crippen molar-refractivity contribution in [2.24, 2.45) is 5.92 Å². The van der Waals surface area contributed by atoms with Crippen molar-refractivity contribution in [3.63, 3.8) is 0 Å². The van der Waals surface area contributed by atoms with Gasteiger partial charge in [0.05, 0.1) is 0 Å². The van der Waals surface area contributed by atoms with Crippen LogP contribution in [-0.2, 0) is 10.0 Å². The van der Waals surface area contributed by atoms with Crippen LogP contribution < -0.4 is 5.32 Å². The van der Waals surface area contributed by atoms with Crippen molar-refractivity contribution in [1.29, 1.82) is 0 Å². The lowest BCUT2D eigenvalue weighted by Gasteiger charge is -2.31. The summed E-state index contributed by atoms with van der Waals surface area (Å²) >= 11 is 0. The molecule has 1 aliphatic heterocycles. The van der Waals surface area contributed by atoms with Crippen LogP contribution in [0.2, 0.25) is 0 Å². The standard InChI is InChI=1S/C14H19F3N2O2S.ClH/c1-2-18-9-10-3-5-19(6-4-10)22(20,21)14-8-12(16)11(15)7-13(14)17;/h7-8,10,18H,2-6,9H2,1H3;1H. The van der Waals surface area contributed by atoms with Crippen LogP contribution in [0.1, 0.15) is 19.8 Å². The van der Waals surface area contributed by atoms with Crippen molar-refractivity contribution in [3.8, 4) is 0 Å². The summed E-state index contributed by atoms with van der Waals surface area (Å²) in [5.74, 6) is -3.68. The molecule has 1 heterocycles. The highest BCUT2D eigenvalue weighted by atomic mass is 35.5. The van der Waals surface area contributed by atoms with E-state index < -0.39 is 32.4 Å². The Hall–Kier alpha value is -0.830. The molecule has 1 N–H and O–H groups in total. The second-order valence-corrected chi connectivity index (χ2v) is 7.26. The van der Waals surface area contributed by atoms with Crippen molar-refractivity contribution < 1.29 is 21.6 Å². The van der Waals surface area contributed by atoms with E-state index in [4.69, 9.17) is 0 Å². The summed E-state index contributed by atoms with van der Waals surface area (Å²) in [7, 11) is -4.14. The Balaban J connectivity index is 0.00000264. The number of piperidine rings is 1. The first-order chi connectivity index (χ1) is 10.4. The van der Waals surface area contributed by atoms with Gasteiger partial charge in [0.1, 0.15) is 10.7 Å². The minimum atomic E-state index is -4.14. The molecule has 0 bridgehead atoms. The highest BCUT2D eigenvalue weighted by Crippen LogP contribution is 2.26. The first kappa shape index (κ1) is 20.2. The van der Waals surface area contributed by atoms with E-state index in [1.807, 2.05) is 6.92 Å². The average Bonchev–Trinajstić information content (AvgIpc) is 2.49. The lowest BCUT2D eigenvalue weighted by molar-refractivity contribution is 0.267. The van der Waals surface area contributed by atoms with Gasteiger partial charge in [-0.25, -0.2) is 21.6 Å². The molecular weight excluding hydrogens is 353 g/mol. The predicted molar refractivity (Wildman–Crippen MR) is 83.6 cm³/mol. The summed E-state index contributed by atoms with van der Waals surface area (Å²) in [6.45, 7) is 4.14. The van der Waals surface area contributed by atoms with Gasteiger partial charge >= 0.3 is 0 Å². The van der Waals surface area contributed by atoms with Gasteiger partial charge in [0.15, 0.2) is 11.6 Å². The normalized spacial score (nSPS) is 17.0. The average molecular weight is 373 g/mol. The molecule has 0 saturated carbocycles. The zero-order valence-electron chi connectivity index (χ0n) is 12.7. The number of sulfonamides is 1. The van der Waals surface area contributed by atoms with Gasteiger partial charge < -0.3 is 5.32 Å². The smallest absolute Gasteiger partial charge is 0.246 e. The molecule has 2 rings (SSSR count). The molecule has 1 aromatic carbocycles. The van der Waals surface area contributed by atoms with Gasteiger partial charge in [-0.15, -0.1) is 12.4 Å². The van der Waals surface area contributed by atoms with Gasteiger partial charge in [0.2, 0.25) is 10.0 Å². The Morgan fingerprint density at radius 3 is 2.26 bits per heavy atom. The van der Waals surface area contributed by atoms with Crippen molar-refractivity contribution in [2.75, 3.05) is 26.2 Å². The van der Waals surface area contributed by atoms with Crippen molar-refractivity contribution in [2.45, 2.75) is 24.7 Å². The first-order valence-corrected chi connectivity index (χ1v) is 8.65. The molecule has 1 aliphatic rings. The van der Waals surface area contributed by atoms with Gasteiger partial charge in [-0.3, -0.25) is 0 Å². The maximum Gasteiger partial charge on any atom is 0.246 e. The van der Waals surface area contributed by atoms with Crippen LogP contribution in [0.3, 0.4) is 0 Å². The second kappa shape index (κ2) is 8.32. The summed E-state index contributed by atoms with van der Waals surface area (Å²) < 4.78 is 65.7. The van der Waals surface area contributed by atoms with E-state index in [0.717, 1.165) is 17.4 Å². The number of benzene rings is 1. The van der Waals surface area contributed by atoms with Gasteiger partial charge in [0, 0.05) is 19.2 Å². The van der Waals surface area contributed by atoms with Crippen LogP contribution in [0.5, 0.6) is 0 Å². The third-order valence-corrected chi connectivity index (χ3v) is 5.76. The SMILES string of the molecule is CCNCC1CCN(S(=O)(=O)c2cc(F)c(F)cc2F)CC1.Cl. The molecule has 0 atom stereocenters. The van der Waals surface area contributed by atoms with Crippen molar-refractivity contribution in [3.05, 3.63) is 29.6 Å². The van der Waals surface area contributed by atoms with Gasteiger partial charge in [-0.1, -0.05) is 6.92 Å². The van der Waals surface area contributed by atoms with Crippen LogP contribution in [0.15, 0.2) is 17.0 Å². The molecule has 0 aliphatic carbocycles. The Bertz CT molecular complexity index is 635. The third-order valence-electron chi connectivity index (χ3n) is 3.85. The second-order valence-electron chi connectivity index (χ2n) is 5.35. The predicted octanol–water partition coefficient (Wildman–Crippen LogP) is 2.54. The van der Waals surface area contributed by atoms with E-state index in [2.05, 4.69) is 5.32 Å². The molecular formula is C14H20ClF3N2O2S. The molecule has 0 amide bonds. The fourth-order valence-electron chi connectivity index (χ4n) is 2.54. The molecule has 132 valence electrons. The molecule has 4 nitrogen and oxygen atoms in total. The Morgan fingerprint density at radius 2 is 1.70 bits per heavy atom. The molecule has 0 unspecified atom stereocenters. The molecule has 9 heteroatoms. The summed E-state index contributed by atoms with van der Waals surface area (Å²) in [5, 5.41) is 3.21. The zero-order valence-corrected chi connectivity index (χ0v) is 14.3. The molecule has 0 radical (unpaired) electrons. The summed E-state index contributed by atoms with van der Waals surface area (Å²) in [4.78, 5) is -0.809. The maximum absolute atomic E-state index is 13.7. The highest BCUT2D eigenvalue weighted by Gasteiger charge is 2.32. The van der Waals surface area contributed by atoms with E-state index in [1.165, 1.54) is 0 Å². The van der Waals surface area contributed by atoms with Gasteiger partial charge in [-0.2, -0.15) is 4.31 Å².